The summed E-state index contributed by atoms with van der Waals surface area (Å²) in [6.45, 7) is 0. The fourth-order valence-corrected chi connectivity index (χ4v) is 13.4. The molecule has 6 heterocycles. The zero-order valence-corrected chi connectivity index (χ0v) is 37.3. The molecule has 0 bridgehead atoms. The summed E-state index contributed by atoms with van der Waals surface area (Å²) in [7, 11) is -3.85. The van der Waals surface area contributed by atoms with Crippen LogP contribution in [0.5, 0.6) is 11.5 Å². The summed E-state index contributed by atoms with van der Waals surface area (Å²) in [5.41, 5.74) is 15.6. The average molecular weight is 907 g/mol. The Morgan fingerprint density at radius 2 is 1.12 bits per heavy atom. The average Bonchev–Trinajstić information content (AvgIpc) is 3.89. The van der Waals surface area contributed by atoms with E-state index in [4.69, 9.17) is 14.7 Å². The van der Waals surface area contributed by atoms with E-state index < -0.39 is 15.3 Å². The minimum Gasteiger partial charge on any atom is -0.453 e. The number of para-hydroxylation sites is 4. The van der Waals surface area contributed by atoms with E-state index in [1.807, 2.05) is 42.7 Å². The number of ketones is 1. The van der Waals surface area contributed by atoms with Gasteiger partial charge in [-0.2, -0.15) is 0 Å². The van der Waals surface area contributed by atoms with Crippen molar-refractivity contribution in [1.29, 1.82) is 0 Å². The maximum Gasteiger partial charge on any atom is 0.208 e. The number of anilines is 3. The Bertz CT molecular complexity index is 4190. The van der Waals surface area contributed by atoms with Gasteiger partial charge in [0, 0.05) is 40.0 Å². The first kappa shape index (κ1) is 38.2. The summed E-state index contributed by atoms with van der Waals surface area (Å²) in [5.74, 6) is 1.30. The normalized spacial score (nSPS) is 14.8. The number of nitrogens with zero attached hydrogens (tertiary/aromatic N) is 4. The highest BCUT2D eigenvalue weighted by molar-refractivity contribution is 7.91. The highest BCUT2D eigenvalue weighted by atomic mass is 32.2. The van der Waals surface area contributed by atoms with E-state index in [2.05, 4.69) is 131 Å². The summed E-state index contributed by atoms with van der Waals surface area (Å²) in [5, 5.41) is 2.09. The van der Waals surface area contributed by atoms with Gasteiger partial charge in [-0.05, 0) is 142 Å². The van der Waals surface area contributed by atoms with Crippen LogP contribution in [0.1, 0.15) is 38.2 Å². The van der Waals surface area contributed by atoms with E-state index in [9.17, 15) is 13.2 Å². The molecule has 8 aromatic carbocycles. The molecular formula is C60H34N4O4S. The van der Waals surface area contributed by atoms with Gasteiger partial charge in [0.1, 0.15) is 0 Å². The Hall–Kier alpha value is -8.92. The zero-order chi connectivity index (χ0) is 45.8. The largest absolute Gasteiger partial charge is 0.453 e. The van der Waals surface area contributed by atoms with Crippen LogP contribution in [0.3, 0.4) is 0 Å². The molecular weight excluding hydrogens is 873 g/mol. The van der Waals surface area contributed by atoms with Gasteiger partial charge in [0.05, 0.1) is 54.7 Å². The van der Waals surface area contributed by atoms with E-state index in [1.54, 1.807) is 36.4 Å². The third-order valence-electron chi connectivity index (χ3n) is 14.6. The smallest absolute Gasteiger partial charge is 0.208 e. The van der Waals surface area contributed by atoms with Crippen molar-refractivity contribution < 1.29 is 17.9 Å². The predicted molar refractivity (Wildman–Crippen MR) is 268 cm³/mol. The number of ether oxygens (including phenoxy) is 1. The first-order valence-electron chi connectivity index (χ1n) is 22.8. The minimum atomic E-state index is -3.85. The number of carbonyl (C=O) groups excluding carboxylic acids is 1. The number of fused-ring (bicyclic) bond motifs is 16. The molecule has 0 saturated carbocycles. The van der Waals surface area contributed by atoms with Crippen molar-refractivity contribution in [2.45, 2.75) is 15.2 Å². The second-order valence-corrected chi connectivity index (χ2v) is 19.9. The number of hydrogen-bond acceptors (Lipinski definition) is 7. The van der Waals surface area contributed by atoms with E-state index in [0.29, 0.717) is 0 Å². The Balaban J connectivity index is 0.942. The molecule has 3 aliphatic heterocycles. The molecule has 15 rings (SSSR count). The lowest BCUT2D eigenvalue weighted by molar-refractivity contribution is 0.103. The molecule has 0 amide bonds. The van der Waals surface area contributed by atoms with Gasteiger partial charge in [-0.15, -0.1) is 0 Å². The van der Waals surface area contributed by atoms with Crippen molar-refractivity contribution in [1.82, 2.24) is 14.5 Å². The van der Waals surface area contributed by atoms with Crippen LogP contribution in [0, 0.1) is 0 Å². The molecule has 69 heavy (non-hydrogen) atoms. The number of hydrogen-bond donors (Lipinski definition) is 0. The number of pyridine rings is 2. The number of benzene rings is 8. The quantitative estimate of drug-likeness (QED) is 0.174. The minimum absolute atomic E-state index is 0.0377. The second-order valence-electron chi connectivity index (χ2n) is 18.0. The molecule has 0 unspecified atom stereocenters. The highest BCUT2D eigenvalue weighted by Crippen LogP contribution is 2.66. The Labute approximate surface area is 395 Å². The summed E-state index contributed by atoms with van der Waals surface area (Å²) >= 11 is 0. The lowest BCUT2D eigenvalue weighted by Crippen LogP contribution is -2.37. The van der Waals surface area contributed by atoms with E-state index in [0.717, 1.165) is 112 Å². The molecule has 1 aliphatic carbocycles. The van der Waals surface area contributed by atoms with Crippen LogP contribution < -0.4 is 9.64 Å². The van der Waals surface area contributed by atoms with Gasteiger partial charge in [0.15, 0.2) is 17.3 Å². The monoisotopic (exact) mass is 906 g/mol. The molecule has 0 fully saturated rings. The van der Waals surface area contributed by atoms with Crippen LogP contribution in [-0.2, 0) is 15.3 Å². The first-order valence-corrected chi connectivity index (χ1v) is 24.3. The lowest BCUT2D eigenvalue weighted by atomic mass is 9.64. The van der Waals surface area contributed by atoms with E-state index >= 15 is 0 Å². The molecule has 8 nitrogen and oxygen atoms in total. The molecule has 0 radical (unpaired) electrons. The molecule has 1 spiro atoms. The highest BCUT2D eigenvalue weighted by Gasteiger charge is 2.54. The van der Waals surface area contributed by atoms with Crippen LogP contribution in [0.4, 0.5) is 17.1 Å². The van der Waals surface area contributed by atoms with Crippen molar-refractivity contribution in [3.8, 4) is 50.8 Å². The standard InChI is InChI=1S/C60H34N4O4S/c65-59-41-13-4-7-20-54(41)69(66,67)55-28-24-36(32-43(55)59)35-22-26-48-42(31-35)40-25-21-38(34-51(40)63(48)39-11-2-1-3-12-39)37-23-27-49-47(33-37)60(44-15-9-29-61-56(44)57-45(60)16-10-30-62-57)46-14-8-19-53-58(46)64(49)50-17-5-6-18-52(50)68-53/h1-34H. The van der Waals surface area contributed by atoms with Gasteiger partial charge >= 0.3 is 0 Å². The summed E-state index contributed by atoms with van der Waals surface area (Å²) in [6.07, 6.45) is 3.71. The maximum atomic E-state index is 13.8. The van der Waals surface area contributed by atoms with Crippen molar-refractivity contribution >= 4 is 54.5 Å². The van der Waals surface area contributed by atoms with E-state index in [1.165, 1.54) is 6.07 Å². The van der Waals surface area contributed by atoms with Crippen molar-refractivity contribution in [2.75, 3.05) is 4.90 Å². The van der Waals surface area contributed by atoms with Gasteiger partial charge in [-0.1, -0.05) is 97.1 Å². The number of sulfone groups is 1. The Kier molecular flexibility index (Phi) is 7.53. The fraction of sp³-hybridized carbons (Fsp3) is 0.0167. The third-order valence-corrected chi connectivity index (χ3v) is 16.5. The molecule has 11 aromatic rings. The number of rotatable bonds is 3. The van der Waals surface area contributed by atoms with E-state index in [-0.39, 0.29) is 26.7 Å². The number of carbonyl (C=O) groups is 1. The van der Waals surface area contributed by atoms with Crippen LogP contribution in [0.2, 0.25) is 0 Å². The van der Waals surface area contributed by atoms with Crippen LogP contribution >= 0.6 is 0 Å². The second kappa shape index (κ2) is 13.6. The number of aromatic nitrogens is 3. The van der Waals surface area contributed by atoms with Gasteiger partial charge < -0.3 is 14.2 Å². The van der Waals surface area contributed by atoms with Crippen LogP contribution in [0.15, 0.2) is 216 Å². The van der Waals surface area contributed by atoms with Gasteiger partial charge in [0.25, 0.3) is 0 Å². The Morgan fingerprint density at radius 3 is 1.96 bits per heavy atom. The third kappa shape index (κ3) is 4.96. The molecule has 0 N–H and O–H groups in total. The molecule has 0 saturated heterocycles. The molecule has 9 heteroatoms. The fourth-order valence-electron chi connectivity index (χ4n) is 11.7. The first-order chi connectivity index (χ1) is 33.9. The topological polar surface area (TPSA) is 94.4 Å². The van der Waals surface area contributed by atoms with Crippen molar-refractivity contribution in [3.05, 3.63) is 240 Å². The zero-order valence-electron chi connectivity index (χ0n) is 36.5. The SMILES string of the molecule is O=C1c2ccccc2S(=O)(=O)c2ccc(-c3ccc4c(c3)c3ccc(-c5ccc6c(c5)C5(c7cccnc7-c7ncccc75)c5cccc7c5N6c5ccccc5O7)cc3n4-c3ccccc3)cc21. The Morgan fingerprint density at radius 1 is 0.464 bits per heavy atom. The van der Waals surface area contributed by atoms with Crippen molar-refractivity contribution in [3.63, 3.8) is 0 Å². The van der Waals surface area contributed by atoms with Gasteiger partial charge in [-0.3, -0.25) is 14.8 Å². The van der Waals surface area contributed by atoms with Gasteiger partial charge in [0.2, 0.25) is 9.84 Å². The molecule has 324 valence electrons. The summed E-state index contributed by atoms with van der Waals surface area (Å²) in [6, 6.07) is 64.9. The molecule has 3 aromatic heterocycles. The van der Waals surface area contributed by atoms with Gasteiger partial charge in [-0.25, -0.2) is 8.42 Å². The lowest BCUT2D eigenvalue weighted by Gasteiger charge is -2.47. The van der Waals surface area contributed by atoms with Crippen molar-refractivity contribution in [2.24, 2.45) is 0 Å². The van der Waals surface area contributed by atoms with Crippen LogP contribution in [0.25, 0.3) is 61.1 Å². The van der Waals surface area contributed by atoms with Crippen LogP contribution in [-0.4, -0.2) is 28.7 Å². The predicted octanol–water partition coefficient (Wildman–Crippen LogP) is 13.5. The maximum absolute atomic E-state index is 13.8. The summed E-state index contributed by atoms with van der Waals surface area (Å²) < 4.78 is 36.4. The molecule has 4 aliphatic rings. The molecule has 0 atom stereocenters. The summed E-state index contributed by atoms with van der Waals surface area (Å²) in [4.78, 5) is 26.2.